The molecule has 2 amide bonds. The number of hydrogen-bond donors (Lipinski definition) is 2. The van der Waals surface area contributed by atoms with Gasteiger partial charge < -0.3 is 29.5 Å². The van der Waals surface area contributed by atoms with Crippen molar-refractivity contribution in [1.29, 1.82) is 0 Å². The molecule has 2 fully saturated rings. The number of carboxylic acids is 1. The molecule has 2 aliphatic heterocycles. The number of hydrogen-bond acceptors (Lipinski definition) is 9. The molecule has 10 aromatic rings. The third-order valence-corrected chi connectivity index (χ3v) is 15.2. The van der Waals surface area contributed by atoms with Crippen LogP contribution in [0.25, 0.3) is 78.6 Å². The third-order valence-electron chi connectivity index (χ3n) is 15.2. The predicted molar refractivity (Wildman–Crippen MR) is 330 cm³/mol. The summed E-state index contributed by atoms with van der Waals surface area (Å²) in [6.07, 6.45) is 11.8. The number of ketones is 1. The maximum absolute atomic E-state index is 14.2. The first kappa shape index (κ1) is 61.9. The van der Waals surface area contributed by atoms with Gasteiger partial charge in [0, 0.05) is 129 Å². The van der Waals surface area contributed by atoms with Crippen LogP contribution in [0.2, 0.25) is 0 Å². The highest BCUT2D eigenvalue weighted by molar-refractivity contribution is 6.00. The number of pyridine rings is 2. The van der Waals surface area contributed by atoms with Crippen molar-refractivity contribution in [3.05, 3.63) is 240 Å². The lowest BCUT2D eigenvalue weighted by atomic mass is 9.96. The Balaban J connectivity index is 0.000000171. The smallest absolute Gasteiger partial charge is 0.328 e. The summed E-state index contributed by atoms with van der Waals surface area (Å²) >= 11 is 0. The summed E-state index contributed by atoms with van der Waals surface area (Å²) in [6, 6.07) is 45.4. The summed E-state index contributed by atoms with van der Waals surface area (Å²) in [6.45, 7) is 0.384. The molecular formula is C71H59F6N5O7. The van der Waals surface area contributed by atoms with Gasteiger partial charge in [-0.3, -0.25) is 24.4 Å². The number of alkyl halides is 4. The molecule has 0 spiro atoms. The van der Waals surface area contributed by atoms with Gasteiger partial charge in [-0.1, -0.05) is 60.7 Å². The molecule has 0 aliphatic carbocycles. The van der Waals surface area contributed by atoms with E-state index in [1.165, 1.54) is 46.2 Å². The molecule has 89 heavy (non-hydrogen) atoms. The summed E-state index contributed by atoms with van der Waals surface area (Å²) < 4.78 is 94.3. The Morgan fingerprint density at radius 3 is 1.37 bits per heavy atom. The van der Waals surface area contributed by atoms with E-state index in [1.807, 2.05) is 72.8 Å². The standard InChI is InChI=1S/C36H29F3N2O3.C27H23F3N2O2.C8H7NO2/c37-30-5-1-4-27(20-30)33-22-28(25-7-9-26(10-8-25)35(43)41-17-14-36(38,39)15-18-41)19-29-21-32(44-34(29)33)13-12-31(42)11-6-24-3-2-16-40-23-24;28-22-3-1-2-19(13-22)24-15-20(12-21-14-23(16-31)34-25(21)24)17-4-6-18(7-5-17)26(33)32-10-8-27(29,30)9-11-32;10-8(11)4-3-7-2-1-5-9-6-7/h1-11,16,19-23H,12-15,17-18H2;1-7,12-15H,8-11,16,31H2;1-6H,(H,10,11)/b11-6+;;4-3+. The van der Waals surface area contributed by atoms with Crippen molar-refractivity contribution in [3.63, 3.8) is 0 Å². The summed E-state index contributed by atoms with van der Waals surface area (Å²) in [7, 11) is 0. The molecule has 6 aromatic carbocycles. The van der Waals surface area contributed by atoms with Crippen LogP contribution in [0.1, 0.15) is 75.5 Å². The second-order valence-electron chi connectivity index (χ2n) is 21.5. The molecule has 12 rings (SSSR count). The molecule has 6 heterocycles. The fourth-order valence-corrected chi connectivity index (χ4v) is 10.4. The number of carbonyl (C=O) groups is 4. The number of furan rings is 2. The van der Waals surface area contributed by atoms with E-state index in [0.717, 1.165) is 55.8 Å². The van der Waals surface area contributed by atoms with Crippen molar-refractivity contribution < 1.29 is 59.5 Å². The number of aromatic nitrogens is 2. The van der Waals surface area contributed by atoms with E-state index in [-0.39, 0.29) is 94.1 Å². The summed E-state index contributed by atoms with van der Waals surface area (Å²) in [5.74, 6) is -6.41. The highest BCUT2D eigenvalue weighted by Gasteiger charge is 2.37. The molecule has 0 saturated carbocycles. The topological polar surface area (TPSA) is 173 Å². The van der Waals surface area contributed by atoms with Gasteiger partial charge in [0.1, 0.15) is 34.3 Å². The van der Waals surface area contributed by atoms with E-state index >= 15 is 0 Å². The number of aliphatic carboxylic acids is 1. The van der Waals surface area contributed by atoms with Crippen LogP contribution >= 0.6 is 0 Å². The number of benzene rings is 6. The zero-order valence-corrected chi connectivity index (χ0v) is 47.9. The van der Waals surface area contributed by atoms with E-state index in [9.17, 15) is 45.5 Å². The Morgan fingerprint density at radius 2 is 0.955 bits per heavy atom. The molecule has 452 valence electrons. The highest BCUT2D eigenvalue weighted by atomic mass is 19.3. The number of likely N-dealkylation sites (tertiary alicyclic amines) is 2. The number of carbonyl (C=O) groups excluding carboxylic acids is 3. The van der Waals surface area contributed by atoms with Gasteiger partial charge in [0.15, 0.2) is 5.78 Å². The van der Waals surface area contributed by atoms with Gasteiger partial charge in [-0.2, -0.15) is 0 Å². The Labute approximate surface area is 508 Å². The van der Waals surface area contributed by atoms with E-state index in [1.54, 1.807) is 91.5 Å². The fraction of sp³-hybridized carbons (Fsp3) is 0.183. The van der Waals surface area contributed by atoms with Gasteiger partial charge >= 0.3 is 5.97 Å². The van der Waals surface area contributed by atoms with Gasteiger partial charge in [0.2, 0.25) is 0 Å². The van der Waals surface area contributed by atoms with Crippen molar-refractivity contribution in [3.8, 4) is 44.5 Å². The Bertz CT molecular complexity index is 4210. The zero-order valence-electron chi connectivity index (χ0n) is 47.9. The molecule has 2 aliphatic rings. The molecular weight excluding hydrogens is 1150 g/mol. The maximum Gasteiger partial charge on any atom is 0.328 e. The van der Waals surface area contributed by atoms with Crippen LogP contribution in [0.15, 0.2) is 203 Å². The van der Waals surface area contributed by atoms with Gasteiger partial charge in [0.05, 0.1) is 6.54 Å². The first-order valence-electron chi connectivity index (χ1n) is 28.7. The molecule has 18 heteroatoms. The minimum absolute atomic E-state index is 0.0243. The average molecular weight is 1210 g/mol. The van der Waals surface area contributed by atoms with Crippen molar-refractivity contribution >= 4 is 57.7 Å². The number of amides is 2. The number of piperidine rings is 2. The van der Waals surface area contributed by atoms with Gasteiger partial charge in [-0.25, -0.2) is 31.1 Å². The monoisotopic (exact) mass is 1210 g/mol. The van der Waals surface area contributed by atoms with Crippen LogP contribution in [0.4, 0.5) is 26.3 Å². The van der Waals surface area contributed by atoms with E-state index in [4.69, 9.17) is 19.7 Å². The fourth-order valence-electron chi connectivity index (χ4n) is 10.4. The average Bonchev–Trinajstić information content (AvgIpc) is 1.78. The largest absolute Gasteiger partial charge is 0.478 e. The lowest BCUT2D eigenvalue weighted by Crippen LogP contribution is -2.42. The van der Waals surface area contributed by atoms with Crippen LogP contribution in [-0.4, -0.2) is 86.5 Å². The van der Waals surface area contributed by atoms with Crippen LogP contribution in [0.5, 0.6) is 0 Å². The molecule has 0 radical (unpaired) electrons. The van der Waals surface area contributed by atoms with E-state index in [2.05, 4.69) is 9.97 Å². The van der Waals surface area contributed by atoms with Crippen molar-refractivity contribution in [2.45, 2.75) is 56.9 Å². The third kappa shape index (κ3) is 16.1. The van der Waals surface area contributed by atoms with Gasteiger partial charge in [-0.05, 0) is 160 Å². The van der Waals surface area contributed by atoms with Crippen LogP contribution in [-0.2, 0) is 22.6 Å². The number of aryl methyl sites for hydroxylation is 1. The lowest BCUT2D eigenvalue weighted by molar-refractivity contribution is -0.131. The number of allylic oxidation sites excluding steroid dienone is 1. The second kappa shape index (κ2) is 27.7. The Hall–Kier alpha value is -10.2. The molecule has 0 atom stereocenters. The quantitative estimate of drug-likeness (QED) is 0.0788. The SMILES string of the molecule is NCc1cc2cc(-c3ccc(C(=O)N4CCC(F)(F)CC4)cc3)cc(-c3cccc(F)c3)c2o1.O=C(/C=C/c1cccnc1)CCc1cc2cc(-c3ccc(C(=O)N4CCC(F)(F)CC4)cc3)cc(-c3cccc(F)c3)c2o1.O=C(O)/C=C/c1cccnc1. The predicted octanol–water partition coefficient (Wildman–Crippen LogP) is 15.8. The van der Waals surface area contributed by atoms with Crippen molar-refractivity contribution in [1.82, 2.24) is 19.8 Å². The van der Waals surface area contributed by atoms with Crippen molar-refractivity contribution in [2.24, 2.45) is 5.73 Å². The number of nitrogens with two attached hydrogens (primary N) is 1. The number of carboxylic acid groups (broad SMARTS) is 1. The number of rotatable bonds is 14. The van der Waals surface area contributed by atoms with Gasteiger partial charge in [-0.15, -0.1) is 0 Å². The lowest BCUT2D eigenvalue weighted by Gasteiger charge is -2.31. The minimum atomic E-state index is -2.72. The minimum Gasteiger partial charge on any atom is -0.478 e. The second-order valence-corrected chi connectivity index (χ2v) is 21.5. The normalized spacial score (nSPS) is 14.5. The number of nitrogens with zero attached hydrogens (tertiary/aromatic N) is 4. The Morgan fingerprint density at radius 1 is 0.517 bits per heavy atom. The summed E-state index contributed by atoms with van der Waals surface area (Å²) in [5.41, 5.74) is 15.6. The number of fused-ring (bicyclic) bond motifs is 2. The summed E-state index contributed by atoms with van der Waals surface area (Å²) in [4.78, 5) is 59.1. The molecule has 4 aromatic heterocycles. The molecule has 2 saturated heterocycles. The molecule has 3 N–H and O–H groups in total. The van der Waals surface area contributed by atoms with Crippen LogP contribution < -0.4 is 5.73 Å². The number of halogens is 6. The maximum atomic E-state index is 14.2. The van der Waals surface area contributed by atoms with E-state index < -0.39 is 17.8 Å². The first-order chi connectivity index (χ1) is 42.9. The van der Waals surface area contributed by atoms with Crippen molar-refractivity contribution in [2.75, 3.05) is 26.2 Å². The van der Waals surface area contributed by atoms with Gasteiger partial charge in [0.25, 0.3) is 23.7 Å². The molecule has 0 bridgehead atoms. The summed E-state index contributed by atoms with van der Waals surface area (Å²) in [5, 5.41) is 9.90. The zero-order chi connectivity index (χ0) is 62.7. The van der Waals surface area contributed by atoms with Crippen LogP contribution in [0.3, 0.4) is 0 Å². The Kier molecular flexibility index (Phi) is 19.2. The highest BCUT2D eigenvalue weighted by Crippen LogP contribution is 2.39. The first-order valence-corrected chi connectivity index (χ1v) is 28.7. The van der Waals surface area contributed by atoms with Crippen LogP contribution in [0, 0.1) is 11.6 Å². The molecule has 0 unspecified atom stereocenters. The molecule has 12 nitrogen and oxygen atoms in total. The van der Waals surface area contributed by atoms with E-state index in [0.29, 0.717) is 56.9 Å².